The van der Waals surface area contributed by atoms with Crippen molar-refractivity contribution in [1.29, 1.82) is 0 Å². The van der Waals surface area contributed by atoms with Crippen LogP contribution in [0.4, 0.5) is 11.5 Å². The summed E-state index contributed by atoms with van der Waals surface area (Å²) in [6.07, 6.45) is 3.67. The Morgan fingerprint density at radius 3 is 2.80 bits per heavy atom. The van der Waals surface area contributed by atoms with Crippen LogP contribution in [0.2, 0.25) is 0 Å². The van der Waals surface area contributed by atoms with Gasteiger partial charge in [0.25, 0.3) is 5.56 Å². The summed E-state index contributed by atoms with van der Waals surface area (Å²) in [5, 5.41) is 16.4. The van der Waals surface area contributed by atoms with Gasteiger partial charge >= 0.3 is 0 Å². The molecule has 0 saturated carbocycles. The van der Waals surface area contributed by atoms with E-state index in [1.807, 2.05) is 19.1 Å². The lowest BCUT2D eigenvalue weighted by molar-refractivity contribution is 0.124. The number of aliphatic hydroxyl groups is 1. The zero-order valence-electron chi connectivity index (χ0n) is 13.4. The largest absolute Gasteiger partial charge is 0.373 e. The molecule has 3 aromatic rings. The van der Waals surface area contributed by atoms with Crippen LogP contribution in [0, 0.1) is 0 Å². The standard InChI is InChI=1S/C17H16N6O2/c1-17(13-4-2-3-8-19-13)22-15(24)12-6-5-11(16(25)23(12)17)21-14-7-9-18-10-20-14/h2-10,15,22,24H,1H3,(H,18,20,21). The Labute approximate surface area is 143 Å². The van der Waals surface area contributed by atoms with Crippen LogP contribution in [-0.2, 0) is 5.66 Å². The molecule has 1 aliphatic rings. The van der Waals surface area contributed by atoms with Crippen molar-refractivity contribution in [2.45, 2.75) is 18.8 Å². The summed E-state index contributed by atoms with van der Waals surface area (Å²) in [7, 11) is 0. The van der Waals surface area contributed by atoms with Gasteiger partial charge in [0.15, 0.2) is 0 Å². The lowest BCUT2D eigenvalue weighted by Crippen LogP contribution is -2.46. The molecule has 0 amide bonds. The highest BCUT2D eigenvalue weighted by molar-refractivity contribution is 5.55. The second-order valence-electron chi connectivity index (χ2n) is 5.87. The molecule has 3 N–H and O–H groups in total. The molecular weight excluding hydrogens is 320 g/mol. The number of rotatable bonds is 3. The smallest absolute Gasteiger partial charge is 0.276 e. The Balaban J connectivity index is 1.85. The molecule has 0 aliphatic carbocycles. The molecule has 0 fully saturated rings. The highest BCUT2D eigenvalue weighted by atomic mass is 16.3. The molecule has 2 atom stereocenters. The Hall–Kier alpha value is -3.10. The summed E-state index contributed by atoms with van der Waals surface area (Å²) in [5.41, 5.74) is 0.213. The molecule has 3 aromatic heterocycles. The lowest BCUT2D eigenvalue weighted by atomic mass is 10.1. The van der Waals surface area contributed by atoms with Crippen molar-refractivity contribution in [2.24, 2.45) is 0 Å². The van der Waals surface area contributed by atoms with Crippen molar-refractivity contribution in [1.82, 2.24) is 24.8 Å². The zero-order valence-corrected chi connectivity index (χ0v) is 13.4. The van der Waals surface area contributed by atoms with Crippen molar-refractivity contribution in [2.75, 3.05) is 5.32 Å². The third kappa shape index (κ3) is 2.48. The van der Waals surface area contributed by atoms with Gasteiger partial charge in [-0.05, 0) is 37.3 Å². The van der Waals surface area contributed by atoms with Gasteiger partial charge in [-0.15, -0.1) is 0 Å². The number of hydrogen-bond acceptors (Lipinski definition) is 7. The van der Waals surface area contributed by atoms with E-state index in [0.717, 1.165) is 0 Å². The number of fused-ring (bicyclic) bond motifs is 1. The molecule has 25 heavy (non-hydrogen) atoms. The van der Waals surface area contributed by atoms with Gasteiger partial charge in [0, 0.05) is 12.4 Å². The Morgan fingerprint density at radius 2 is 2.08 bits per heavy atom. The molecule has 0 saturated heterocycles. The summed E-state index contributed by atoms with van der Waals surface area (Å²) < 4.78 is 1.52. The predicted molar refractivity (Wildman–Crippen MR) is 91.1 cm³/mol. The van der Waals surface area contributed by atoms with Crippen LogP contribution in [0.1, 0.15) is 24.5 Å². The van der Waals surface area contributed by atoms with E-state index in [1.165, 1.54) is 10.9 Å². The van der Waals surface area contributed by atoms with E-state index in [1.54, 1.807) is 36.7 Å². The third-order valence-corrected chi connectivity index (χ3v) is 4.27. The van der Waals surface area contributed by atoms with Crippen LogP contribution >= 0.6 is 0 Å². The first-order valence-corrected chi connectivity index (χ1v) is 7.76. The third-order valence-electron chi connectivity index (χ3n) is 4.27. The van der Waals surface area contributed by atoms with Gasteiger partial charge in [-0.3, -0.25) is 19.7 Å². The monoisotopic (exact) mass is 336 g/mol. The van der Waals surface area contributed by atoms with Gasteiger partial charge in [-0.2, -0.15) is 0 Å². The molecule has 0 radical (unpaired) electrons. The van der Waals surface area contributed by atoms with Gasteiger partial charge in [0.05, 0.1) is 11.4 Å². The summed E-state index contributed by atoms with van der Waals surface area (Å²) in [6.45, 7) is 1.81. The van der Waals surface area contributed by atoms with Gasteiger partial charge in [-0.25, -0.2) is 9.97 Å². The van der Waals surface area contributed by atoms with Crippen molar-refractivity contribution in [3.8, 4) is 0 Å². The minimum Gasteiger partial charge on any atom is -0.373 e. The van der Waals surface area contributed by atoms with E-state index in [-0.39, 0.29) is 5.56 Å². The fraction of sp³-hybridized carbons (Fsp3) is 0.176. The molecule has 0 spiro atoms. The molecule has 0 bridgehead atoms. The average Bonchev–Trinajstić information content (AvgIpc) is 2.91. The molecule has 4 heterocycles. The summed E-state index contributed by atoms with van der Waals surface area (Å²) in [5.74, 6) is 0.513. The van der Waals surface area contributed by atoms with Crippen LogP contribution in [0.5, 0.6) is 0 Å². The second kappa shape index (κ2) is 5.76. The minimum absolute atomic E-state index is 0.284. The first-order chi connectivity index (χ1) is 12.1. The quantitative estimate of drug-likeness (QED) is 0.657. The summed E-state index contributed by atoms with van der Waals surface area (Å²) >= 11 is 0. The molecule has 4 rings (SSSR count). The van der Waals surface area contributed by atoms with E-state index >= 15 is 0 Å². The number of aromatic nitrogens is 4. The minimum atomic E-state index is -0.965. The summed E-state index contributed by atoms with van der Waals surface area (Å²) in [4.78, 5) is 25.3. The highest BCUT2D eigenvalue weighted by Gasteiger charge is 2.42. The maximum absolute atomic E-state index is 13.1. The second-order valence-corrected chi connectivity index (χ2v) is 5.87. The Morgan fingerprint density at radius 1 is 1.20 bits per heavy atom. The maximum Gasteiger partial charge on any atom is 0.276 e. The lowest BCUT2D eigenvalue weighted by Gasteiger charge is -2.27. The normalized spacial score (nSPS) is 21.8. The fourth-order valence-corrected chi connectivity index (χ4v) is 3.07. The predicted octanol–water partition coefficient (Wildman–Crippen LogP) is 1.09. The number of anilines is 2. The highest BCUT2D eigenvalue weighted by Crippen LogP contribution is 2.32. The van der Waals surface area contributed by atoms with Crippen LogP contribution in [0.3, 0.4) is 0 Å². The van der Waals surface area contributed by atoms with Crippen LogP contribution in [0.25, 0.3) is 0 Å². The molecule has 0 aromatic carbocycles. The number of nitrogens with zero attached hydrogens (tertiary/aromatic N) is 4. The van der Waals surface area contributed by atoms with Crippen LogP contribution in [0.15, 0.2) is 59.9 Å². The molecule has 126 valence electrons. The number of nitrogens with one attached hydrogen (secondary N) is 2. The van der Waals surface area contributed by atoms with Gasteiger partial charge < -0.3 is 10.4 Å². The number of aliphatic hydroxyl groups excluding tert-OH is 1. The van der Waals surface area contributed by atoms with Gasteiger partial charge in [0.1, 0.15) is 29.7 Å². The van der Waals surface area contributed by atoms with E-state index in [2.05, 4.69) is 25.6 Å². The van der Waals surface area contributed by atoms with Gasteiger partial charge in [0.2, 0.25) is 0 Å². The van der Waals surface area contributed by atoms with E-state index in [0.29, 0.717) is 22.9 Å². The molecule has 2 unspecified atom stereocenters. The SMILES string of the molecule is CC1(c2ccccn2)NC(O)c2ccc(Nc3ccncn3)c(=O)n21. The zero-order chi connectivity index (χ0) is 17.4. The molecule has 8 nitrogen and oxygen atoms in total. The van der Waals surface area contributed by atoms with Crippen molar-refractivity contribution in [3.05, 3.63) is 76.9 Å². The van der Waals surface area contributed by atoms with Crippen LogP contribution in [-0.4, -0.2) is 24.6 Å². The number of pyridine rings is 2. The maximum atomic E-state index is 13.1. The molecule has 8 heteroatoms. The van der Waals surface area contributed by atoms with Crippen molar-refractivity contribution < 1.29 is 5.11 Å². The molecule has 1 aliphatic heterocycles. The first kappa shape index (κ1) is 15.4. The van der Waals surface area contributed by atoms with Crippen LogP contribution < -0.4 is 16.2 Å². The Kier molecular flexibility index (Phi) is 3.56. The topological polar surface area (TPSA) is 105 Å². The van der Waals surface area contributed by atoms with E-state index < -0.39 is 11.9 Å². The molecular formula is C17H16N6O2. The fourth-order valence-electron chi connectivity index (χ4n) is 3.07. The average molecular weight is 336 g/mol. The first-order valence-electron chi connectivity index (χ1n) is 7.76. The van der Waals surface area contributed by atoms with Crippen molar-refractivity contribution in [3.63, 3.8) is 0 Å². The van der Waals surface area contributed by atoms with Crippen molar-refractivity contribution >= 4 is 11.5 Å². The Bertz CT molecular complexity index is 960. The van der Waals surface area contributed by atoms with E-state index in [4.69, 9.17) is 0 Å². The number of hydrogen-bond donors (Lipinski definition) is 3. The summed E-state index contributed by atoms with van der Waals surface area (Å²) in [6, 6.07) is 10.5. The van der Waals surface area contributed by atoms with Gasteiger partial charge in [-0.1, -0.05) is 6.07 Å². The van der Waals surface area contributed by atoms with E-state index in [9.17, 15) is 9.90 Å².